The fraction of sp³-hybridized carbons (Fsp3) is 0.391. The molecule has 2 aliphatic rings. The smallest absolute Gasteiger partial charge is 0.410 e. The van der Waals surface area contributed by atoms with Gasteiger partial charge in [0.05, 0.1) is 36.4 Å². The summed E-state index contributed by atoms with van der Waals surface area (Å²) in [6.45, 7) is 1.02. The number of amides is 1. The van der Waals surface area contributed by atoms with Gasteiger partial charge in [-0.25, -0.2) is 4.79 Å². The lowest BCUT2D eigenvalue weighted by Gasteiger charge is -2.51. The third-order valence-corrected chi connectivity index (χ3v) is 6.13. The maximum Gasteiger partial charge on any atom is 0.410 e. The van der Waals surface area contributed by atoms with Gasteiger partial charge in [0.25, 0.3) is 0 Å². The normalized spacial score (nSPS) is 26.0. The first-order valence-corrected chi connectivity index (χ1v) is 10.2. The van der Waals surface area contributed by atoms with Gasteiger partial charge in [0.2, 0.25) is 0 Å². The summed E-state index contributed by atoms with van der Waals surface area (Å²) in [5.74, 6) is 0. The molecule has 0 saturated carbocycles. The summed E-state index contributed by atoms with van der Waals surface area (Å²) < 4.78 is 13.1. The average Bonchev–Trinajstić information content (AvgIpc) is 3.11. The van der Waals surface area contributed by atoms with Gasteiger partial charge in [-0.3, -0.25) is 9.58 Å². The van der Waals surface area contributed by atoms with Crippen molar-refractivity contribution in [1.29, 1.82) is 0 Å². The fourth-order valence-corrected chi connectivity index (χ4v) is 4.73. The van der Waals surface area contributed by atoms with Crippen LogP contribution in [0.3, 0.4) is 0 Å². The molecule has 30 heavy (non-hydrogen) atoms. The molecule has 0 aliphatic carbocycles. The molecule has 156 valence electrons. The number of piperidine rings is 1. The Bertz CT molecular complexity index is 1050. The lowest BCUT2D eigenvalue weighted by atomic mass is 9.77. The Morgan fingerprint density at radius 2 is 1.93 bits per heavy atom. The summed E-state index contributed by atoms with van der Waals surface area (Å²) >= 11 is 0. The summed E-state index contributed by atoms with van der Waals surface area (Å²) in [6.07, 6.45) is 2.42. The summed E-state index contributed by atoms with van der Waals surface area (Å²) in [5.41, 5.74) is 1.61. The molecule has 2 fully saturated rings. The molecule has 2 atom stereocenters. The minimum Gasteiger partial charge on any atom is -0.445 e. The van der Waals surface area contributed by atoms with Crippen LogP contribution in [0.5, 0.6) is 0 Å². The molecule has 2 unspecified atom stereocenters. The van der Waals surface area contributed by atoms with Crippen molar-refractivity contribution in [2.24, 2.45) is 7.05 Å². The molecular weight excluding hydrogens is 382 g/mol. The molecule has 3 aromatic rings. The number of aryl methyl sites for hydroxylation is 1. The highest BCUT2D eigenvalue weighted by atomic mass is 16.6. The lowest BCUT2D eigenvalue weighted by Crippen LogP contribution is -2.62. The minimum absolute atomic E-state index is 0.231. The Morgan fingerprint density at radius 1 is 1.20 bits per heavy atom. The monoisotopic (exact) mass is 407 g/mol. The van der Waals surface area contributed by atoms with E-state index in [0.29, 0.717) is 26.1 Å². The number of hydrogen-bond donors (Lipinski definition) is 1. The zero-order valence-electron chi connectivity index (χ0n) is 16.9. The number of nitrogens with zero attached hydrogens (tertiary/aromatic N) is 3. The molecule has 1 N–H and O–H groups in total. The summed E-state index contributed by atoms with van der Waals surface area (Å²) in [5, 5.41) is 17.1. The van der Waals surface area contributed by atoms with Crippen molar-refractivity contribution >= 4 is 17.0 Å². The molecule has 1 aromatic heterocycles. The molecule has 7 nitrogen and oxygen atoms in total. The number of hydrogen-bond acceptors (Lipinski definition) is 5. The zero-order valence-corrected chi connectivity index (χ0v) is 16.9. The van der Waals surface area contributed by atoms with E-state index in [1.54, 1.807) is 9.58 Å². The average molecular weight is 407 g/mol. The number of rotatable bonds is 3. The van der Waals surface area contributed by atoms with Crippen LogP contribution >= 0.6 is 0 Å². The number of carbonyl (C=O) groups is 1. The Labute approximate surface area is 174 Å². The molecule has 2 saturated heterocycles. The summed E-state index contributed by atoms with van der Waals surface area (Å²) in [4.78, 5) is 14.6. The van der Waals surface area contributed by atoms with Crippen molar-refractivity contribution in [3.05, 3.63) is 65.9 Å². The Morgan fingerprint density at radius 3 is 2.67 bits per heavy atom. The molecule has 1 amide bonds. The van der Waals surface area contributed by atoms with Crippen LogP contribution < -0.4 is 0 Å². The highest BCUT2D eigenvalue weighted by Crippen LogP contribution is 2.42. The van der Waals surface area contributed by atoms with E-state index in [1.807, 2.05) is 61.8 Å². The van der Waals surface area contributed by atoms with Crippen LogP contribution in [0, 0.1) is 0 Å². The molecule has 2 aliphatic heterocycles. The quantitative estimate of drug-likeness (QED) is 0.722. The van der Waals surface area contributed by atoms with Gasteiger partial charge >= 0.3 is 6.09 Å². The van der Waals surface area contributed by atoms with Crippen molar-refractivity contribution in [3.8, 4) is 0 Å². The van der Waals surface area contributed by atoms with Crippen LogP contribution in [-0.2, 0) is 28.7 Å². The van der Waals surface area contributed by atoms with Gasteiger partial charge in [-0.2, -0.15) is 5.10 Å². The number of benzene rings is 2. The topological polar surface area (TPSA) is 76.8 Å². The predicted octanol–water partition coefficient (Wildman–Crippen LogP) is 2.96. The van der Waals surface area contributed by atoms with Crippen LogP contribution in [0.4, 0.5) is 4.79 Å². The van der Waals surface area contributed by atoms with Crippen LogP contribution in [-0.4, -0.2) is 51.2 Å². The second kappa shape index (κ2) is 7.41. The first kappa shape index (κ1) is 19.1. The maximum atomic E-state index is 12.9. The highest BCUT2D eigenvalue weighted by Gasteiger charge is 2.49. The summed E-state index contributed by atoms with van der Waals surface area (Å²) in [7, 11) is 1.88. The van der Waals surface area contributed by atoms with E-state index in [1.165, 1.54) is 0 Å². The Kier molecular flexibility index (Phi) is 4.72. The van der Waals surface area contributed by atoms with Gasteiger partial charge in [-0.05, 0) is 17.2 Å². The van der Waals surface area contributed by atoms with E-state index >= 15 is 0 Å². The number of fused-ring (bicyclic) bond motifs is 3. The number of carbonyl (C=O) groups excluding carboxylic acids is 1. The molecular formula is C23H25N3O4. The highest BCUT2D eigenvalue weighted by molar-refractivity contribution is 5.79. The third kappa shape index (κ3) is 3.44. The fourth-order valence-electron chi connectivity index (χ4n) is 4.73. The SMILES string of the molecule is Cn1cc2ccc(C3(O)CC4COCC(C3)N4C(=O)OCc3ccccc3)cc2n1. The van der Waals surface area contributed by atoms with Crippen molar-refractivity contribution in [2.45, 2.75) is 37.1 Å². The molecule has 5 rings (SSSR count). The largest absolute Gasteiger partial charge is 0.445 e. The second-order valence-corrected chi connectivity index (χ2v) is 8.31. The van der Waals surface area contributed by atoms with Crippen LogP contribution in [0.25, 0.3) is 10.9 Å². The molecule has 3 heterocycles. The van der Waals surface area contributed by atoms with Crippen LogP contribution in [0.15, 0.2) is 54.7 Å². The first-order valence-electron chi connectivity index (χ1n) is 10.2. The maximum absolute atomic E-state index is 12.9. The van der Waals surface area contributed by atoms with Gasteiger partial charge in [0.15, 0.2) is 0 Å². The van der Waals surface area contributed by atoms with Gasteiger partial charge < -0.3 is 14.6 Å². The van der Waals surface area contributed by atoms with E-state index in [2.05, 4.69) is 5.10 Å². The van der Waals surface area contributed by atoms with Gasteiger partial charge in [0, 0.05) is 31.5 Å². The Hall–Kier alpha value is -2.90. The molecule has 2 bridgehead atoms. The number of aliphatic hydroxyl groups is 1. The van der Waals surface area contributed by atoms with Crippen molar-refractivity contribution < 1.29 is 19.4 Å². The van der Waals surface area contributed by atoms with Gasteiger partial charge in [-0.15, -0.1) is 0 Å². The summed E-state index contributed by atoms with van der Waals surface area (Å²) in [6, 6.07) is 15.1. The third-order valence-electron chi connectivity index (χ3n) is 6.13. The van der Waals surface area contributed by atoms with E-state index in [0.717, 1.165) is 22.0 Å². The van der Waals surface area contributed by atoms with E-state index in [-0.39, 0.29) is 24.8 Å². The van der Waals surface area contributed by atoms with Crippen molar-refractivity contribution in [3.63, 3.8) is 0 Å². The number of aromatic nitrogens is 2. The van der Waals surface area contributed by atoms with Crippen LogP contribution in [0.2, 0.25) is 0 Å². The molecule has 0 radical (unpaired) electrons. The van der Waals surface area contributed by atoms with Gasteiger partial charge in [-0.1, -0.05) is 42.5 Å². The second-order valence-electron chi connectivity index (χ2n) is 8.31. The van der Waals surface area contributed by atoms with E-state index < -0.39 is 5.60 Å². The molecule has 2 aromatic carbocycles. The first-order chi connectivity index (χ1) is 14.5. The number of morpholine rings is 1. The number of ether oxygens (including phenoxy) is 2. The van der Waals surface area contributed by atoms with E-state index in [9.17, 15) is 9.90 Å². The van der Waals surface area contributed by atoms with Gasteiger partial charge in [0.1, 0.15) is 6.61 Å². The predicted molar refractivity (Wildman–Crippen MR) is 111 cm³/mol. The Balaban J connectivity index is 1.35. The van der Waals surface area contributed by atoms with E-state index in [4.69, 9.17) is 9.47 Å². The lowest BCUT2D eigenvalue weighted by molar-refractivity contribution is -0.136. The molecule has 7 heteroatoms. The van der Waals surface area contributed by atoms with Crippen molar-refractivity contribution in [2.75, 3.05) is 13.2 Å². The minimum atomic E-state index is -1.03. The van der Waals surface area contributed by atoms with Crippen LogP contribution in [0.1, 0.15) is 24.0 Å². The zero-order chi connectivity index (χ0) is 20.7. The standard InChI is InChI=1S/C23H25N3O4/c1-25-12-17-7-8-18(9-21(17)24-25)23(28)10-19-14-29-15-20(11-23)26(19)22(27)30-13-16-5-3-2-4-6-16/h2-9,12,19-20,28H,10-11,13-15H2,1H3. The molecule has 0 spiro atoms. The van der Waals surface area contributed by atoms with Crippen molar-refractivity contribution in [1.82, 2.24) is 14.7 Å².